The minimum Gasteiger partial charge on any atom is -0.472 e. The molecule has 0 bridgehead atoms. The molecule has 2 nitrogen and oxygen atoms in total. The lowest BCUT2D eigenvalue weighted by molar-refractivity contribution is -0.0638. The number of fused-ring (bicyclic) bond motifs is 1. The van der Waals surface area contributed by atoms with Crippen molar-refractivity contribution in [3.63, 3.8) is 0 Å². The van der Waals surface area contributed by atoms with E-state index in [1.165, 1.54) is 31.3 Å². The first-order chi connectivity index (χ1) is 10.3. The fraction of sp³-hybridized carbons (Fsp3) is 0.700. The van der Waals surface area contributed by atoms with Gasteiger partial charge in [0.2, 0.25) is 0 Å². The van der Waals surface area contributed by atoms with Crippen LogP contribution in [0.1, 0.15) is 71.0 Å². The van der Waals surface area contributed by atoms with Crippen LogP contribution < -0.4 is 0 Å². The van der Waals surface area contributed by atoms with Crippen LogP contribution in [0.25, 0.3) is 0 Å². The summed E-state index contributed by atoms with van der Waals surface area (Å²) in [5.74, 6) is 1.15. The van der Waals surface area contributed by atoms with E-state index in [9.17, 15) is 5.11 Å². The van der Waals surface area contributed by atoms with E-state index in [0.29, 0.717) is 11.3 Å². The molecule has 0 aromatic carbocycles. The highest BCUT2D eigenvalue weighted by atomic mass is 16.3. The van der Waals surface area contributed by atoms with Crippen molar-refractivity contribution in [3.05, 3.63) is 36.3 Å². The number of hydrogen-bond acceptors (Lipinski definition) is 2. The van der Waals surface area contributed by atoms with Gasteiger partial charge >= 0.3 is 0 Å². The Morgan fingerprint density at radius 1 is 1.36 bits per heavy atom. The van der Waals surface area contributed by atoms with Crippen LogP contribution in [-0.4, -0.2) is 5.11 Å². The lowest BCUT2D eigenvalue weighted by atomic mass is 9.47. The molecule has 1 N–H and O–H groups in total. The van der Waals surface area contributed by atoms with Gasteiger partial charge in [0, 0.05) is 5.56 Å². The highest BCUT2D eigenvalue weighted by Gasteiger charge is 2.53. The van der Waals surface area contributed by atoms with Gasteiger partial charge in [0.05, 0.1) is 18.6 Å². The van der Waals surface area contributed by atoms with E-state index in [-0.39, 0.29) is 5.41 Å². The fourth-order valence-electron chi connectivity index (χ4n) is 5.53. The van der Waals surface area contributed by atoms with Gasteiger partial charge < -0.3 is 9.52 Å². The second-order valence-corrected chi connectivity index (χ2v) is 8.46. The molecule has 2 aliphatic rings. The third kappa shape index (κ3) is 2.56. The summed E-state index contributed by atoms with van der Waals surface area (Å²) in [6.45, 7) is 11.7. The molecule has 1 heterocycles. The van der Waals surface area contributed by atoms with E-state index >= 15 is 0 Å². The number of aliphatic hydroxyl groups is 1. The number of allylic oxidation sites excluding steroid dienone is 1. The first kappa shape index (κ1) is 15.9. The van der Waals surface area contributed by atoms with E-state index in [1.807, 2.05) is 6.07 Å². The molecule has 0 radical (unpaired) electrons. The molecule has 0 unspecified atom stereocenters. The van der Waals surface area contributed by atoms with Crippen molar-refractivity contribution in [1.82, 2.24) is 0 Å². The Morgan fingerprint density at radius 2 is 2.14 bits per heavy atom. The molecule has 1 aromatic rings. The van der Waals surface area contributed by atoms with Gasteiger partial charge in [0.1, 0.15) is 0 Å². The van der Waals surface area contributed by atoms with Gasteiger partial charge in [0.15, 0.2) is 0 Å². The van der Waals surface area contributed by atoms with Crippen LogP contribution in [0.3, 0.4) is 0 Å². The lowest BCUT2D eigenvalue weighted by Crippen LogP contribution is -2.49. The Bertz CT molecular complexity index is 528. The van der Waals surface area contributed by atoms with Crippen molar-refractivity contribution in [2.75, 3.05) is 0 Å². The zero-order valence-electron chi connectivity index (χ0n) is 14.3. The van der Waals surface area contributed by atoms with Gasteiger partial charge in [-0.3, -0.25) is 0 Å². The summed E-state index contributed by atoms with van der Waals surface area (Å²) in [5, 5.41) is 10.6. The molecule has 1 aromatic heterocycles. The fourth-order valence-corrected chi connectivity index (χ4v) is 5.53. The quantitative estimate of drug-likeness (QED) is 0.748. The second-order valence-electron chi connectivity index (χ2n) is 8.46. The van der Waals surface area contributed by atoms with Gasteiger partial charge in [-0.2, -0.15) is 0 Å². The summed E-state index contributed by atoms with van der Waals surface area (Å²) in [6.07, 6.45) is 9.92. The maximum absolute atomic E-state index is 10.6. The third-order valence-electron chi connectivity index (χ3n) is 6.71. The smallest absolute Gasteiger partial charge is 0.0960 e. The van der Waals surface area contributed by atoms with Crippen molar-refractivity contribution in [3.8, 4) is 0 Å². The monoisotopic (exact) mass is 302 g/mol. The minimum absolute atomic E-state index is 0.280. The van der Waals surface area contributed by atoms with E-state index in [1.54, 1.807) is 12.5 Å². The topological polar surface area (TPSA) is 33.4 Å². The molecule has 0 aliphatic heterocycles. The molecular formula is C20H30O2. The summed E-state index contributed by atoms with van der Waals surface area (Å²) in [4.78, 5) is 0. The van der Waals surface area contributed by atoms with Crippen molar-refractivity contribution >= 4 is 0 Å². The van der Waals surface area contributed by atoms with Crippen LogP contribution in [0.15, 0.2) is 35.2 Å². The zero-order valence-corrected chi connectivity index (χ0v) is 14.3. The standard InChI is InChI=1S/C20H30O2/c1-14-6-7-18-19(2,3)9-5-10-20(18,4)16(14)12-17(21)15-8-11-22-13-15/h8,11,13,16-18,21H,1,5-7,9-10,12H2,2-4H3/t16-,17-,18+,20-/m1/s1. The molecule has 22 heavy (non-hydrogen) atoms. The molecule has 2 fully saturated rings. The predicted octanol–water partition coefficient (Wildman–Crippen LogP) is 5.50. The van der Waals surface area contributed by atoms with Crippen LogP contribution >= 0.6 is 0 Å². The Kier molecular flexibility index (Phi) is 4.01. The van der Waals surface area contributed by atoms with Crippen molar-refractivity contribution in [1.29, 1.82) is 0 Å². The predicted molar refractivity (Wildman–Crippen MR) is 89.4 cm³/mol. The Balaban J connectivity index is 1.86. The van der Waals surface area contributed by atoms with E-state index < -0.39 is 6.10 Å². The van der Waals surface area contributed by atoms with Gasteiger partial charge in [-0.05, 0) is 60.8 Å². The molecule has 2 aliphatic carbocycles. The largest absolute Gasteiger partial charge is 0.472 e. The summed E-state index contributed by atoms with van der Waals surface area (Å²) in [5.41, 5.74) is 2.93. The van der Waals surface area contributed by atoms with Gasteiger partial charge in [0.25, 0.3) is 0 Å². The van der Waals surface area contributed by atoms with Crippen molar-refractivity contribution < 1.29 is 9.52 Å². The molecular weight excluding hydrogens is 272 g/mol. The third-order valence-corrected chi connectivity index (χ3v) is 6.71. The molecule has 0 spiro atoms. The minimum atomic E-state index is -0.443. The van der Waals surface area contributed by atoms with E-state index in [4.69, 9.17) is 4.42 Å². The molecule has 2 heteroatoms. The summed E-state index contributed by atoms with van der Waals surface area (Å²) < 4.78 is 5.13. The maximum atomic E-state index is 10.6. The number of aliphatic hydroxyl groups excluding tert-OH is 1. The Hall–Kier alpha value is -1.02. The summed E-state index contributed by atoms with van der Waals surface area (Å²) in [6, 6.07) is 1.88. The molecule has 2 saturated carbocycles. The molecule has 3 rings (SSSR count). The van der Waals surface area contributed by atoms with Crippen molar-refractivity contribution in [2.24, 2.45) is 22.7 Å². The Labute approximate surface area is 134 Å². The highest BCUT2D eigenvalue weighted by Crippen LogP contribution is 2.62. The molecule has 4 atom stereocenters. The van der Waals surface area contributed by atoms with Crippen LogP contribution in [0, 0.1) is 22.7 Å². The van der Waals surface area contributed by atoms with Crippen LogP contribution in [0.4, 0.5) is 0 Å². The number of hydrogen-bond donors (Lipinski definition) is 1. The highest BCUT2D eigenvalue weighted by molar-refractivity contribution is 5.18. The Morgan fingerprint density at radius 3 is 2.82 bits per heavy atom. The lowest BCUT2D eigenvalue weighted by Gasteiger charge is -2.58. The molecule has 0 amide bonds. The van der Waals surface area contributed by atoms with Gasteiger partial charge in [-0.1, -0.05) is 39.3 Å². The van der Waals surface area contributed by atoms with E-state index in [2.05, 4.69) is 27.4 Å². The van der Waals surface area contributed by atoms with Crippen LogP contribution in [0.5, 0.6) is 0 Å². The van der Waals surface area contributed by atoms with E-state index in [0.717, 1.165) is 24.3 Å². The zero-order chi connectivity index (χ0) is 16.0. The first-order valence-electron chi connectivity index (χ1n) is 8.72. The number of rotatable bonds is 3. The molecule has 0 saturated heterocycles. The SMILES string of the molecule is C=C1CC[C@H]2C(C)(C)CCC[C@]2(C)[C@@H]1C[C@@H](O)c1ccoc1. The summed E-state index contributed by atoms with van der Waals surface area (Å²) in [7, 11) is 0. The van der Waals surface area contributed by atoms with Gasteiger partial charge in [-0.15, -0.1) is 0 Å². The first-order valence-corrected chi connectivity index (χ1v) is 8.72. The normalized spacial score (nSPS) is 35.9. The van der Waals surface area contributed by atoms with Gasteiger partial charge in [-0.25, -0.2) is 0 Å². The maximum Gasteiger partial charge on any atom is 0.0960 e. The molecule has 122 valence electrons. The van der Waals surface area contributed by atoms with Crippen LogP contribution in [-0.2, 0) is 0 Å². The van der Waals surface area contributed by atoms with Crippen molar-refractivity contribution in [2.45, 2.75) is 65.4 Å². The summed E-state index contributed by atoms with van der Waals surface area (Å²) >= 11 is 0. The second kappa shape index (κ2) is 5.56. The number of furan rings is 1. The average molecular weight is 302 g/mol. The average Bonchev–Trinajstić information content (AvgIpc) is 2.96. The van der Waals surface area contributed by atoms with Crippen LogP contribution in [0.2, 0.25) is 0 Å².